The second-order valence-electron chi connectivity index (χ2n) is 10.9. The number of rotatable bonds is 8. The van der Waals surface area contributed by atoms with Crippen molar-refractivity contribution in [1.82, 2.24) is 9.80 Å². The van der Waals surface area contributed by atoms with Crippen molar-refractivity contribution in [3.63, 3.8) is 0 Å². The summed E-state index contributed by atoms with van der Waals surface area (Å²) in [7, 11) is 1.83. The molecule has 0 aliphatic carbocycles. The number of nitrogens with one attached hydrogen (secondary N) is 1. The quantitative estimate of drug-likeness (QED) is 0.322. The predicted molar refractivity (Wildman–Crippen MR) is 160 cm³/mol. The molecule has 3 aromatic rings. The third kappa shape index (κ3) is 6.36. The number of carbonyl (C=O) groups is 2. The first-order chi connectivity index (χ1) is 19.2. The van der Waals surface area contributed by atoms with Crippen LogP contribution in [0.2, 0.25) is 10.0 Å². The van der Waals surface area contributed by atoms with Crippen LogP contribution < -0.4 is 5.32 Å². The molecule has 1 fully saturated rings. The maximum absolute atomic E-state index is 13.3. The van der Waals surface area contributed by atoms with Gasteiger partial charge in [0.15, 0.2) is 0 Å². The van der Waals surface area contributed by atoms with Crippen molar-refractivity contribution in [1.29, 1.82) is 0 Å². The molecule has 0 aromatic heterocycles. The summed E-state index contributed by atoms with van der Waals surface area (Å²) in [5, 5.41) is 3.77. The molecule has 0 saturated carbocycles. The summed E-state index contributed by atoms with van der Waals surface area (Å²) >= 11 is 12.6. The van der Waals surface area contributed by atoms with E-state index in [4.69, 9.17) is 27.9 Å². The van der Waals surface area contributed by atoms with E-state index in [2.05, 4.69) is 34.5 Å². The number of benzene rings is 3. The van der Waals surface area contributed by atoms with Crippen LogP contribution in [0, 0.1) is 0 Å². The number of piperidine rings is 1. The van der Waals surface area contributed by atoms with E-state index in [0.29, 0.717) is 34.4 Å². The summed E-state index contributed by atoms with van der Waals surface area (Å²) in [6.45, 7) is 5.55. The topological polar surface area (TPSA) is 61.9 Å². The molecule has 0 radical (unpaired) electrons. The van der Waals surface area contributed by atoms with Gasteiger partial charge in [0.25, 0.3) is 5.91 Å². The summed E-state index contributed by atoms with van der Waals surface area (Å²) in [5.74, 6) is -0.136. The summed E-state index contributed by atoms with van der Waals surface area (Å²) in [6, 6.07) is 21.3. The zero-order valence-electron chi connectivity index (χ0n) is 23.0. The Hall–Kier alpha value is -2.90. The van der Waals surface area contributed by atoms with Gasteiger partial charge in [-0.15, -0.1) is 0 Å². The lowest BCUT2D eigenvalue weighted by molar-refractivity contribution is -0.114. The van der Waals surface area contributed by atoms with E-state index in [1.165, 1.54) is 18.1 Å². The second kappa shape index (κ2) is 12.3. The highest BCUT2D eigenvalue weighted by atomic mass is 35.5. The molecule has 5 rings (SSSR count). The van der Waals surface area contributed by atoms with Crippen LogP contribution in [0.25, 0.3) is 0 Å². The molecule has 1 N–H and O–H groups in total. The van der Waals surface area contributed by atoms with Crippen LogP contribution in [0.4, 0.5) is 5.69 Å². The zero-order valence-corrected chi connectivity index (χ0v) is 24.5. The van der Waals surface area contributed by atoms with E-state index in [1.807, 2.05) is 25.2 Å². The molecule has 2 amide bonds. The van der Waals surface area contributed by atoms with Gasteiger partial charge in [0.05, 0.1) is 22.3 Å². The SMILES string of the molecule is CC(=O)Nc1ccc(C(=O)N(C)C[C@@H](CCN2CCC3(CC2)OCc2ccccc23)c2ccc(Cl)c(Cl)c2)cc1. The first kappa shape index (κ1) is 28.6. The van der Waals surface area contributed by atoms with E-state index in [-0.39, 0.29) is 23.3 Å². The minimum atomic E-state index is -0.154. The number of likely N-dealkylation sites (N-methyl/N-ethyl adjacent to an activating group) is 1. The lowest BCUT2D eigenvalue weighted by Gasteiger charge is -2.40. The van der Waals surface area contributed by atoms with Crippen molar-refractivity contribution in [2.24, 2.45) is 0 Å². The highest BCUT2D eigenvalue weighted by molar-refractivity contribution is 6.42. The fourth-order valence-corrected chi connectivity index (χ4v) is 6.24. The first-order valence-electron chi connectivity index (χ1n) is 13.8. The lowest BCUT2D eigenvalue weighted by Crippen LogP contribution is -2.43. The van der Waals surface area contributed by atoms with Gasteiger partial charge in [0.2, 0.25) is 5.91 Å². The predicted octanol–water partition coefficient (Wildman–Crippen LogP) is 6.72. The normalized spacial score (nSPS) is 16.9. The highest BCUT2D eigenvalue weighted by Gasteiger charge is 2.42. The Morgan fingerprint density at radius 1 is 1.02 bits per heavy atom. The van der Waals surface area contributed by atoms with E-state index in [1.54, 1.807) is 29.2 Å². The summed E-state index contributed by atoms with van der Waals surface area (Å²) in [5.41, 5.74) is 4.81. The molecule has 2 aliphatic rings. The van der Waals surface area contributed by atoms with Crippen molar-refractivity contribution in [3.05, 3.63) is 99.0 Å². The van der Waals surface area contributed by atoms with Crippen molar-refractivity contribution >= 4 is 40.7 Å². The fourth-order valence-electron chi connectivity index (χ4n) is 5.94. The lowest BCUT2D eigenvalue weighted by atomic mass is 9.83. The number of ether oxygens (including phenoxy) is 1. The molecule has 1 atom stereocenters. The molecular weight excluding hydrogens is 545 g/mol. The maximum atomic E-state index is 13.3. The summed E-state index contributed by atoms with van der Waals surface area (Å²) < 4.78 is 6.35. The Bertz CT molecular complexity index is 1370. The number of likely N-dealkylation sites (tertiary alicyclic amines) is 1. The molecule has 2 aliphatic heterocycles. The standard InChI is InChI=1S/C32H35Cl2N3O3/c1-22(38)35-27-10-7-23(8-11-27)31(39)36(2)20-25(24-9-12-29(33)30(34)19-24)13-16-37-17-14-32(15-18-37)28-6-4-3-5-26(28)21-40-32/h3-12,19,25H,13-18,20-21H2,1-2H3,(H,35,38)/t25-/m1/s1. The minimum absolute atomic E-state index is 0.0728. The fraction of sp³-hybridized carbons (Fsp3) is 0.375. The third-order valence-corrected chi connectivity index (χ3v) is 8.92. The number of carbonyl (C=O) groups excluding carboxylic acids is 2. The molecule has 210 valence electrons. The van der Waals surface area contributed by atoms with Gasteiger partial charge >= 0.3 is 0 Å². The molecule has 1 spiro atoms. The minimum Gasteiger partial charge on any atom is -0.365 e. The van der Waals surface area contributed by atoms with Crippen LogP contribution in [0.1, 0.15) is 59.2 Å². The molecule has 2 heterocycles. The van der Waals surface area contributed by atoms with Gasteiger partial charge in [0.1, 0.15) is 0 Å². The van der Waals surface area contributed by atoms with Gasteiger partial charge in [-0.2, -0.15) is 0 Å². The van der Waals surface area contributed by atoms with Crippen LogP contribution in [0.3, 0.4) is 0 Å². The van der Waals surface area contributed by atoms with Gasteiger partial charge in [-0.05, 0) is 78.9 Å². The van der Waals surface area contributed by atoms with Crippen molar-refractivity contribution in [3.8, 4) is 0 Å². The Morgan fingerprint density at radius 2 is 1.75 bits per heavy atom. The molecule has 0 bridgehead atoms. The average molecular weight is 581 g/mol. The van der Waals surface area contributed by atoms with Gasteiger partial charge in [-0.3, -0.25) is 9.59 Å². The first-order valence-corrected chi connectivity index (χ1v) is 14.5. The molecule has 8 heteroatoms. The smallest absolute Gasteiger partial charge is 0.253 e. The van der Waals surface area contributed by atoms with Gasteiger partial charge in [0, 0.05) is 50.8 Å². The van der Waals surface area contributed by atoms with E-state index < -0.39 is 0 Å². The van der Waals surface area contributed by atoms with Crippen molar-refractivity contribution in [2.45, 2.75) is 44.3 Å². The maximum Gasteiger partial charge on any atom is 0.253 e. The monoisotopic (exact) mass is 579 g/mol. The number of nitrogens with zero attached hydrogens (tertiary/aromatic N) is 2. The average Bonchev–Trinajstić information content (AvgIpc) is 3.31. The highest BCUT2D eigenvalue weighted by Crippen LogP contribution is 2.44. The van der Waals surface area contributed by atoms with Gasteiger partial charge in [-0.25, -0.2) is 0 Å². The third-order valence-electron chi connectivity index (χ3n) is 8.18. The van der Waals surface area contributed by atoms with Gasteiger partial charge in [-0.1, -0.05) is 53.5 Å². The van der Waals surface area contributed by atoms with Crippen LogP contribution >= 0.6 is 23.2 Å². The molecule has 6 nitrogen and oxygen atoms in total. The Morgan fingerprint density at radius 3 is 2.45 bits per heavy atom. The molecule has 40 heavy (non-hydrogen) atoms. The van der Waals surface area contributed by atoms with E-state index in [0.717, 1.165) is 44.5 Å². The molecule has 3 aromatic carbocycles. The number of amides is 2. The number of fused-ring (bicyclic) bond motifs is 2. The largest absolute Gasteiger partial charge is 0.365 e. The number of hydrogen-bond acceptors (Lipinski definition) is 4. The van der Waals surface area contributed by atoms with Gasteiger partial charge < -0.3 is 19.9 Å². The Labute approximate surface area is 246 Å². The summed E-state index contributed by atoms with van der Waals surface area (Å²) in [4.78, 5) is 28.9. The second-order valence-corrected chi connectivity index (χ2v) is 11.7. The Balaban J connectivity index is 1.24. The van der Waals surface area contributed by atoms with Crippen molar-refractivity contribution in [2.75, 3.05) is 38.5 Å². The summed E-state index contributed by atoms with van der Waals surface area (Å²) in [6.07, 6.45) is 2.84. The number of halogens is 2. The van der Waals surface area contributed by atoms with Crippen LogP contribution in [-0.4, -0.2) is 54.8 Å². The van der Waals surface area contributed by atoms with Crippen molar-refractivity contribution < 1.29 is 14.3 Å². The van der Waals surface area contributed by atoms with E-state index >= 15 is 0 Å². The molecule has 1 saturated heterocycles. The zero-order chi connectivity index (χ0) is 28.3. The Kier molecular flexibility index (Phi) is 8.81. The van der Waals surface area contributed by atoms with Crippen LogP contribution in [0.15, 0.2) is 66.7 Å². The van der Waals surface area contributed by atoms with Crippen LogP contribution in [0.5, 0.6) is 0 Å². The molecule has 0 unspecified atom stereocenters. The molecular formula is C32H35Cl2N3O3. The van der Waals surface area contributed by atoms with Crippen LogP contribution in [-0.2, 0) is 21.7 Å². The number of hydrogen-bond donors (Lipinski definition) is 1. The number of anilines is 1. The van der Waals surface area contributed by atoms with E-state index in [9.17, 15) is 9.59 Å².